The predicted molar refractivity (Wildman–Crippen MR) is 92.2 cm³/mol. The van der Waals surface area contributed by atoms with Crippen molar-refractivity contribution in [2.75, 3.05) is 19.5 Å². The lowest BCUT2D eigenvalue weighted by molar-refractivity contribution is -0.118. The van der Waals surface area contributed by atoms with Crippen LogP contribution >= 0.6 is 0 Å². The van der Waals surface area contributed by atoms with Crippen LogP contribution in [0.1, 0.15) is 25.3 Å². The number of hydrogen-bond acceptors (Lipinski definition) is 3. The van der Waals surface area contributed by atoms with Crippen LogP contribution in [-0.2, 0) is 4.79 Å². The molecule has 0 aromatic heterocycles. The molecule has 2 rings (SSSR count). The van der Waals surface area contributed by atoms with Gasteiger partial charge >= 0.3 is 0 Å². The number of ether oxygens (including phenoxy) is 2. The molecule has 0 saturated heterocycles. The first-order valence-corrected chi connectivity index (χ1v) is 7.64. The van der Waals surface area contributed by atoms with Crippen LogP contribution in [0, 0.1) is 5.92 Å². The van der Waals surface area contributed by atoms with Gasteiger partial charge in [0.1, 0.15) is 11.5 Å². The molecule has 0 bridgehead atoms. The average molecular weight is 313 g/mol. The van der Waals surface area contributed by atoms with Gasteiger partial charge in [-0.3, -0.25) is 4.79 Å². The van der Waals surface area contributed by atoms with Gasteiger partial charge in [-0.2, -0.15) is 0 Å². The van der Waals surface area contributed by atoms with Crippen molar-refractivity contribution in [1.82, 2.24) is 0 Å². The van der Waals surface area contributed by atoms with E-state index in [1.165, 1.54) is 0 Å². The molecule has 0 heterocycles. The highest BCUT2D eigenvalue weighted by Crippen LogP contribution is 2.30. The van der Waals surface area contributed by atoms with Gasteiger partial charge in [-0.1, -0.05) is 38.1 Å². The van der Waals surface area contributed by atoms with Crippen LogP contribution in [-0.4, -0.2) is 20.1 Å². The smallest absolute Gasteiger partial charge is 0.232 e. The third kappa shape index (κ3) is 4.03. The SMILES string of the molecule is COc1ccc(C(C(=O)Nc2ccccc2OC)C(C)C)cc1. The van der Waals surface area contributed by atoms with Crippen molar-refractivity contribution in [1.29, 1.82) is 0 Å². The molecule has 1 atom stereocenters. The van der Waals surface area contributed by atoms with E-state index < -0.39 is 0 Å². The second kappa shape index (κ2) is 7.68. The Morgan fingerprint density at radius 2 is 1.61 bits per heavy atom. The quantitative estimate of drug-likeness (QED) is 0.874. The monoisotopic (exact) mass is 313 g/mol. The first kappa shape index (κ1) is 16.9. The number of amides is 1. The number of rotatable bonds is 6. The van der Waals surface area contributed by atoms with Crippen LogP contribution in [0.2, 0.25) is 0 Å². The minimum Gasteiger partial charge on any atom is -0.497 e. The molecule has 2 aromatic carbocycles. The molecular weight excluding hydrogens is 290 g/mol. The van der Waals surface area contributed by atoms with E-state index >= 15 is 0 Å². The van der Waals surface area contributed by atoms with Crippen LogP contribution < -0.4 is 14.8 Å². The van der Waals surface area contributed by atoms with Crippen molar-refractivity contribution in [2.24, 2.45) is 5.92 Å². The lowest BCUT2D eigenvalue weighted by Gasteiger charge is -2.21. The number of benzene rings is 2. The molecule has 0 saturated carbocycles. The molecular formula is C19H23NO3. The molecule has 1 amide bonds. The minimum absolute atomic E-state index is 0.0466. The van der Waals surface area contributed by atoms with Crippen molar-refractivity contribution in [3.05, 3.63) is 54.1 Å². The molecule has 4 heteroatoms. The van der Waals surface area contributed by atoms with E-state index in [2.05, 4.69) is 5.32 Å². The third-order valence-electron chi connectivity index (χ3n) is 3.79. The molecule has 2 aromatic rings. The topological polar surface area (TPSA) is 47.6 Å². The zero-order chi connectivity index (χ0) is 16.8. The van der Waals surface area contributed by atoms with E-state index in [0.29, 0.717) is 11.4 Å². The van der Waals surface area contributed by atoms with Crippen molar-refractivity contribution < 1.29 is 14.3 Å². The number of para-hydroxylation sites is 2. The number of hydrogen-bond donors (Lipinski definition) is 1. The highest BCUT2D eigenvalue weighted by Gasteiger charge is 2.25. The summed E-state index contributed by atoms with van der Waals surface area (Å²) in [6, 6.07) is 15.0. The van der Waals surface area contributed by atoms with Crippen LogP contribution in [0.25, 0.3) is 0 Å². The van der Waals surface area contributed by atoms with E-state index in [1.807, 2.05) is 62.4 Å². The van der Waals surface area contributed by atoms with Gasteiger partial charge in [0.2, 0.25) is 5.91 Å². The van der Waals surface area contributed by atoms with Crippen LogP contribution in [0.5, 0.6) is 11.5 Å². The Morgan fingerprint density at radius 3 is 2.17 bits per heavy atom. The Morgan fingerprint density at radius 1 is 0.957 bits per heavy atom. The van der Waals surface area contributed by atoms with E-state index in [9.17, 15) is 4.79 Å². The lowest BCUT2D eigenvalue weighted by Crippen LogP contribution is -2.25. The van der Waals surface area contributed by atoms with Gasteiger partial charge in [0.05, 0.1) is 25.8 Å². The van der Waals surface area contributed by atoms with Gasteiger partial charge < -0.3 is 14.8 Å². The van der Waals surface area contributed by atoms with Crippen molar-refractivity contribution in [3.63, 3.8) is 0 Å². The summed E-state index contributed by atoms with van der Waals surface area (Å²) in [7, 11) is 3.22. The summed E-state index contributed by atoms with van der Waals surface area (Å²) in [4.78, 5) is 12.8. The maximum Gasteiger partial charge on any atom is 0.232 e. The number of nitrogens with one attached hydrogen (secondary N) is 1. The Labute approximate surface area is 137 Å². The minimum atomic E-state index is -0.245. The Kier molecular flexibility index (Phi) is 5.63. The van der Waals surface area contributed by atoms with Crippen molar-refractivity contribution in [3.8, 4) is 11.5 Å². The zero-order valence-electron chi connectivity index (χ0n) is 14.0. The summed E-state index contributed by atoms with van der Waals surface area (Å²) in [6.07, 6.45) is 0. The maximum atomic E-state index is 12.8. The molecule has 1 unspecified atom stereocenters. The largest absolute Gasteiger partial charge is 0.497 e. The molecule has 0 aliphatic rings. The molecule has 122 valence electrons. The number of carbonyl (C=O) groups excluding carboxylic acids is 1. The van der Waals surface area contributed by atoms with Crippen LogP contribution in [0.3, 0.4) is 0 Å². The highest BCUT2D eigenvalue weighted by atomic mass is 16.5. The Balaban J connectivity index is 2.24. The summed E-state index contributed by atoms with van der Waals surface area (Å²) in [6.45, 7) is 4.08. The van der Waals surface area contributed by atoms with Gasteiger partial charge in [-0.05, 0) is 35.7 Å². The van der Waals surface area contributed by atoms with Crippen LogP contribution in [0.15, 0.2) is 48.5 Å². The molecule has 0 spiro atoms. The second-order valence-electron chi connectivity index (χ2n) is 5.68. The van der Waals surface area contributed by atoms with E-state index in [-0.39, 0.29) is 17.7 Å². The first-order chi connectivity index (χ1) is 11.1. The first-order valence-electron chi connectivity index (χ1n) is 7.64. The highest BCUT2D eigenvalue weighted by molar-refractivity contribution is 5.97. The van der Waals surface area contributed by atoms with Gasteiger partial charge in [0, 0.05) is 0 Å². The van der Waals surface area contributed by atoms with Gasteiger partial charge in [-0.15, -0.1) is 0 Å². The van der Waals surface area contributed by atoms with E-state index in [1.54, 1.807) is 14.2 Å². The fourth-order valence-corrected chi connectivity index (χ4v) is 2.61. The lowest BCUT2D eigenvalue weighted by atomic mass is 9.87. The molecule has 0 aliphatic heterocycles. The van der Waals surface area contributed by atoms with Crippen LogP contribution in [0.4, 0.5) is 5.69 Å². The summed E-state index contributed by atoms with van der Waals surface area (Å²) in [5, 5.41) is 2.97. The summed E-state index contributed by atoms with van der Waals surface area (Å²) in [5.74, 6) is 1.30. The van der Waals surface area contributed by atoms with Gasteiger partial charge in [-0.25, -0.2) is 0 Å². The fourth-order valence-electron chi connectivity index (χ4n) is 2.61. The molecule has 23 heavy (non-hydrogen) atoms. The standard InChI is InChI=1S/C19H23NO3/c1-13(2)18(14-9-11-15(22-3)12-10-14)19(21)20-16-7-5-6-8-17(16)23-4/h5-13,18H,1-4H3,(H,20,21). The molecule has 4 nitrogen and oxygen atoms in total. The number of methoxy groups -OCH3 is 2. The molecule has 0 aliphatic carbocycles. The van der Waals surface area contributed by atoms with E-state index in [0.717, 1.165) is 11.3 Å². The summed E-state index contributed by atoms with van der Waals surface area (Å²) in [5.41, 5.74) is 1.65. The predicted octanol–water partition coefficient (Wildman–Crippen LogP) is 4.08. The van der Waals surface area contributed by atoms with E-state index in [4.69, 9.17) is 9.47 Å². The Hall–Kier alpha value is -2.49. The molecule has 1 N–H and O–H groups in total. The number of anilines is 1. The third-order valence-corrected chi connectivity index (χ3v) is 3.79. The van der Waals surface area contributed by atoms with Crippen molar-refractivity contribution in [2.45, 2.75) is 19.8 Å². The zero-order valence-corrected chi connectivity index (χ0v) is 14.0. The normalized spacial score (nSPS) is 11.9. The molecule has 0 radical (unpaired) electrons. The van der Waals surface area contributed by atoms with Crippen molar-refractivity contribution >= 4 is 11.6 Å². The fraction of sp³-hybridized carbons (Fsp3) is 0.316. The maximum absolute atomic E-state index is 12.8. The number of carbonyl (C=O) groups is 1. The Bertz CT molecular complexity index is 650. The molecule has 0 fully saturated rings. The summed E-state index contributed by atoms with van der Waals surface area (Å²) < 4.78 is 10.5. The van der Waals surface area contributed by atoms with Gasteiger partial charge in [0.25, 0.3) is 0 Å². The second-order valence-corrected chi connectivity index (χ2v) is 5.68. The summed E-state index contributed by atoms with van der Waals surface area (Å²) >= 11 is 0. The average Bonchev–Trinajstić information content (AvgIpc) is 2.56. The van der Waals surface area contributed by atoms with Gasteiger partial charge in [0.15, 0.2) is 0 Å².